The van der Waals surface area contributed by atoms with Gasteiger partial charge in [0.05, 0.1) is 0 Å². The number of likely N-dealkylation sites (N-methyl/N-ethyl adjacent to an activating group) is 1. The second kappa shape index (κ2) is 8.08. The number of halogens is 1. The Labute approximate surface area is 86.4 Å². The molecule has 0 aromatic heterocycles. The van der Waals surface area contributed by atoms with Crippen LogP contribution in [0.3, 0.4) is 0 Å². The Morgan fingerprint density at radius 3 is 2.38 bits per heavy atom. The van der Waals surface area contributed by atoms with E-state index in [4.69, 9.17) is 5.73 Å². The minimum absolute atomic E-state index is 0. The summed E-state index contributed by atoms with van der Waals surface area (Å²) in [5, 5.41) is 0. The minimum atomic E-state index is 0. The number of nitrogens with two attached hydrogens (primary N) is 1. The average molecular weight is 207 g/mol. The predicted molar refractivity (Wildman–Crippen MR) is 58.0 cm³/mol. The predicted octanol–water partition coefficient (Wildman–Crippen LogP) is 1.18. The molecule has 2 N–H and O–H groups in total. The Hall–Kier alpha value is -0.540. The van der Waals surface area contributed by atoms with E-state index in [0.717, 1.165) is 18.4 Å². The summed E-state index contributed by atoms with van der Waals surface area (Å²) >= 11 is 0. The van der Waals surface area contributed by atoms with Crippen molar-refractivity contribution in [3.63, 3.8) is 0 Å². The lowest BCUT2D eigenvalue weighted by Crippen LogP contribution is -2.22. The Morgan fingerprint density at radius 1 is 1.46 bits per heavy atom. The number of carbonyl (C=O) groups is 1. The van der Waals surface area contributed by atoms with Gasteiger partial charge in [0.15, 0.2) is 0 Å². The van der Waals surface area contributed by atoms with Crippen molar-refractivity contribution in [2.75, 3.05) is 20.6 Å². The van der Waals surface area contributed by atoms with Crippen molar-refractivity contribution in [1.29, 1.82) is 0 Å². The third-order valence-electron chi connectivity index (χ3n) is 1.60. The highest BCUT2D eigenvalue weighted by Crippen LogP contribution is 2.00. The second-order valence-electron chi connectivity index (χ2n) is 3.02. The highest BCUT2D eigenvalue weighted by atomic mass is 35.5. The van der Waals surface area contributed by atoms with Gasteiger partial charge in [-0.15, -0.1) is 12.4 Å². The molecule has 0 aliphatic carbocycles. The maximum atomic E-state index is 11.3. The van der Waals surface area contributed by atoms with E-state index < -0.39 is 0 Å². The van der Waals surface area contributed by atoms with E-state index in [1.165, 1.54) is 0 Å². The molecule has 0 spiro atoms. The summed E-state index contributed by atoms with van der Waals surface area (Å²) in [4.78, 5) is 12.8. The van der Waals surface area contributed by atoms with Gasteiger partial charge in [-0.05, 0) is 26.3 Å². The molecule has 0 saturated carbocycles. The summed E-state index contributed by atoms with van der Waals surface area (Å²) < 4.78 is 0. The number of nitrogens with zero attached hydrogens (tertiary/aromatic N) is 1. The molecule has 3 nitrogen and oxygen atoms in total. The molecule has 0 aromatic rings. The van der Waals surface area contributed by atoms with E-state index in [1.807, 2.05) is 13.0 Å². The summed E-state index contributed by atoms with van der Waals surface area (Å²) in [6, 6.07) is 0. The van der Waals surface area contributed by atoms with E-state index in [9.17, 15) is 4.79 Å². The lowest BCUT2D eigenvalue weighted by Gasteiger charge is -2.09. The first kappa shape index (κ1) is 15.0. The van der Waals surface area contributed by atoms with E-state index in [-0.39, 0.29) is 18.3 Å². The quantitative estimate of drug-likeness (QED) is 0.555. The number of carbonyl (C=O) groups excluding carboxylic acids is 1. The Morgan fingerprint density at radius 2 is 2.00 bits per heavy atom. The van der Waals surface area contributed by atoms with Crippen LogP contribution in [0.25, 0.3) is 0 Å². The summed E-state index contributed by atoms with van der Waals surface area (Å²) in [7, 11) is 3.51. The van der Waals surface area contributed by atoms with Gasteiger partial charge in [-0.3, -0.25) is 4.79 Å². The van der Waals surface area contributed by atoms with Gasteiger partial charge in [-0.1, -0.05) is 6.08 Å². The summed E-state index contributed by atoms with van der Waals surface area (Å²) in [6.07, 6.45) is 3.77. The molecule has 4 heteroatoms. The molecule has 13 heavy (non-hydrogen) atoms. The molecule has 0 aromatic carbocycles. The SMILES string of the molecule is CC(=CCCCN)C(=O)N(C)C.Cl. The molecular weight excluding hydrogens is 188 g/mol. The first-order valence-corrected chi connectivity index (χ1v) is 4.18. The average Bonchev–Trinajstić information content (AvgIpc) is 2.03. The number of hydrogen-bond donors (Lipinski definition) is 1. The van der Waals surface area contributed by atoms with Crippen LogP contribution in [-0.2, 0) is 4.79 Å². The molecule has 0 fully saturated rings. The van der Waals surface area contributed by atoms with Crippen LogP contribution in [-0.4, -0.2) is 31.4 Å². The summed E-state index contributed by atoms with van der Waals surface area (Å²) in [5.74, 6) is 0.0759. The molecule has 0 radical (unpaired) electrons. The fourth-order valence-electron chi connectivity index (χ4n) is 0.876. The van der Waals surface area contributed by atoms with Crippen LogP contribution in [0.1, 0.15) is 19.8 Å². The van der Waals surface area contributed by atoms with E-state index in [0.29, 0.717) is 6.54 Å². The maximum absolute atomic E-state index is 11.3. The Kier molecular flexibility index (Phi) is 9.29. The van der Waals surface area contributed by atoms with Gasteiger partial charge in [0.2, 0.25) is 5.91 Å². The standard InChI is InChI=1S/C9H18N2O.ClH/c1-8(6-4-5-7-10)9(12)11(2)3;/h6H,4-5,7,10H2,1-3H3;1H. The lowest BCUT2D eigenvalue weighted by molar-refractivity contribution is -0.124. The molecule has 0 unspecified atom stereocenters. The van der Waals surface area contributed by atoms with Gasteiger partial charge < -0.3 is 10.6 Å². The molecule has 0 rings (SSSR count). The number of allylic oxidation sites excluding steroid dienone is 1. The van der Waals surface area contributed by atoms with Gasteiger partial charge in [-0.2, -0.15) is 0 Å². The molecule has 0 saturated heterocycles. The van der Waals surface area contributed by atoms with Crippen molar-refractivity contribution in [1.82, 2.24) is 4.90 Å². The van der Waals surface area contributed by atoms with E-state index in [1.54, 1.807) is 19.0 Å². The van der Waals surface area contributed by atoms with Gasteiger partial charge >= 0.3 is 0 Å². The number of unbranched alkanes of at least 4 members (excludes halogenated alkanes) is 1. The van der Waals surface area contributed by atoms with Crippen LogP contribution in [0.4, 0.5) is 0 Å². The van der Waals surface area contributed by atoms with Gasteiger partial charge in [0.1, 0.15) is 0 Å². The van der Waals surface area contributed by atoms with Crippen LogP contribution in [0.15, 0.2) is 11.6 Å². The number of rotatable bonds is 4. The van der Waals surface area contributed by atoms with Crippen molar-refractivity contribution in [2.45, 2.75) is 19.8 Å². The summed E-state index contributed by atoms with van der Waals surface area (Å²) in [6.45, 7) is 2.51. The lowest BCUT2D eigenvalue weighted by atomic mass is 10.2. The fraction of sp³-hybridized carbons (Fsp3) is 0.667. The topological polar surface area (TPSA) is 46.3 Å². The van der Waals surface area contributed by atoms with Crippen LogP contribution < -0.4 is 5.73 Å². The maximum Gasteiger partial charge on any atom is 0.248 e. The highest BCUT2D eigenvalue weighted by molar-refractivity contribution is 5.92. The van der Waals surface area contributed by atoms with Gasteiger partial charge in [0.25, 0.3) is 0 Å². The van der Waals surface area contributed by atoms with Crippen LogP contribution in [0.2, 0.25) is 0 Å². The number of amides is 1. The monoisotopic (exact) mass is 206 g/mol. The zero-order valence-electron chi connectivity index (χ0n) is 8.54. The molecule has 0 aliphatic heterocycles. The first-order chi connectivity index (χ1) is 5.59. The third kappa shape index (κ3) is 6.61. The van der Waals surface area contributed by atoms with E-state index >= 15 is 0 Å². The molecule has 0 atom stereocenters. The smallest absolute Gasteiger partial charge is 0.248 e. The molecular formula is C9H19ClN2O. The molecule has 0 heterocycles. The van der Waals surface area contributed by atoms with Crippen molar-refractivity contribution in [2.24, 2.45) is 5.73 Å². The van der Waals surface area contributed by atoms with Gasteiger partial charge in [0, 0.05) is 19.7 Å². The first-order valence-electron chi connectivity index (χ1n) is 4.18. The van der Waals surface area contributed by atoms with E-state index in [2.05, 4.69) is 0 Å². The fourth-order valence-corrected chi connectivity index (χ4v) is 0.876. The van der Waals surface area contributed by atoms with Crippen LogP contribution in [0, 0.1) is 0 Å². The van der Waals surface area contributed by atoms with Gasteiger partial charge in [-0.25, -0.2) is 0 Å². The minimum Gasteiger partial charge on any atom is -0.345 e. The molecule has 1 amide bonds. The second-order valence-corrected chi connectivity index (χ2v) is 3.02. The Bertz CT molecular complexity index is 178. The highest BCUT2D eigenvalue weighted by Gasteiger charge is 2.04. The zero-order chi connectivity index (χ0) is 9.56. The van der Waals surface area contributed by atoms with Crippen molar-refractivity contribution < 1.29 is 4.79 Å². The molecule has 0 bridgehead atoms. The van der Waals surface area contributed by atoms with Crippen LogP contribution in [0.5, 0.6) is 0 Å². The third-order valence-corrected chi connectivity index (χ3v) is 1.60. The van der Waals surface area contributed by atoms with Crippen molar-refractivity contribution in [3.05, 3.63) is 11.6 Å². The normalized spacial score (nSPS) is 10.6. The number of hydrogen-bond acceptors (Lipinski definition) is 2. The summed E-state index contributed by atoms with van der Waals surface area (Å²) in [5.41, 5.74) is 6.13. The van der Waals surface area contributed by atoms with Crippen LogP contribution >= 0.6 is 12.4 Å². The molecule has 0 aliphatic rings. The van der Waals surface area contributed by atoms with Crippen molar-refractivity contribution in [3.8, 4) is 0 Å². The molecule has 78 valence electrons. The largest absolute Gasteiger partial charge is 0.345 e. The Balaban J connectivity index is 0. The zero-order valence-corrected chi connectivity index (χ0v) is 9.36. The van der Waals surface area contributed by atoms with Crippen molar-refractivity contribution >= 4 is 18.3 Å².